The lowest BCUT2D eigenvalue weighted by Crippen LogP contribution is -2.68. The lowest BCUT2D eigenvalue weighted by Gasteiger charge is -2.45. The van der Waals surface area contributed by atoms with E-state index < -0.39 is 50.9 Å². The quantitative estimate of drug-likeness (QED) is 0.294. The third kappa shape index (κ3) is 13.1. The lowest BCUT2D eigenvalue weighted by atomic mass is 10.2. The van der Waals surface area contributed by atoms with Gasteiger partial charge in [-0.1, -0.05) is 36.4 Å². The molecule has 0 aliphatic carbocycles. The van der Waals surface area contributed by atoms with Gasteiger partial charge in [-0.3, -0.25) is 0 Å². The first-order valence-corrected chi connectivity index (χ1v) is 28.9. The molecule has 0 aliphatic heterocycles. The van der Waals surface area contributed by atoms with Crippen LogP contribution in [-0.2, 0) is 20.6 Å². The molecule has 1 unspecified atom stereocenters. The zero-order chi connectivity index (χ0) is 25.8. The molecule has 1 atom stereocenters. The number of aliphatic hydroxyl groups excluding tert-OH is 1. The molecule has 33 heavy (non-hydrogen) atoms. The molecule has 0 fully saturated rings. The minimum Gasteiger partial charge on any atom is -0.432 e. The Kier molecular flexibility index (Phi) is 10.7. The van der Waals surface area contributed by atoms with Gasteiger partial charge >= 0.3 is 17.6 Å². The molecule has 6 nitrogen and oxygen atoms in total. The van der Waals surface area contributed by atoms with Crippen LogP contribution < -0.4 is 0 Å². The largest absolute Gasteiger partial charge is 0.638 e. The molecule has 0 aliphatic rings. The Labute approximate surface area is 208 Å². The predicted molar refractivity (Wildman–Crippen MR) is 153 cm³/mol. The van der Waals surface area contributed by atoms with Gasteiger partial charge in [0.2, 0.25) is 0 Å². The maximum absolute atomic E-state index is 10.7. The fourth-order valence-electron chi connectivity index (χ4n) is 2.97. The molecular formula is C21H46O6Si6. The molecule has 0 bridgehead atoms. The Morgan fingerprint density at radius 3 is 1.33 bits per heavy atom. The van der Waals surface area contributed by atoms with Crippen LogP contribution >= 0.6 is 0 Å². The number of aliphatic hydroxyl groups is 1. The molecule has 1 N–H and O–H groups in total. The summed E-state index contributed by atoms with van der Waals surface area (Å²) in [6.07, 6.45) is 1.73. The second kappa shape index (κ2) is 11.4. The van der Waals surface area contributed by atoms with Crippen LogP contribution in [0.5, 0.6) is 0 Å². The molecule has 0 saturated heterocycles. The topological polar surface area (TPSA) is 66.4 Å². The van der Waals surface area contributed by atoms with Crippen molar-refractivity contribution in [1.29, 1.82) is 0 Å². The highest BCUT2D eigenvalue weighted by Crippen LogP contribution is 2.31. The normalized spacial score (nSPS) is 16.3. The number of benzene rings is 1. The van der Waals surface area contributed by atoms with Crippen molar-refractivity contribution in [2.45, 2.75) is 78.6 Å². The van der Waals surface area contributed by atoms with Crippen molar-refractivity contribution < 1.29 is 25.7 Å². The van der Waals surface area contributed by atoms with E-state index in [0.717, 1.165) is 5.56 Å². The van der Waals surface area contributed by atoms with E-state index in [1.165, 1.54) is 0 Å². The van der Waals surface area contributed by atoms with Crippen LogP contribution in [0.3, 0.4) is 0 Å². The van der Waals surface area contributed by atoms with E-state index in [1.807, 2.05) is 42.1 Å². The maximum Gasteiger partial charge on any atom is 0.638 e. The molecule has 1 aromatic carbocycles. The molecule has 1 aromatic rings. The summed E-state index contributed by atoms with van der Waals surface area (Å²) in [5.41, 5.74) is 2.94. The first-order valence-electron chi connectivity index (χ1n) is 11.5. The maximum atomic E-state index is 10.7. The van der Waals surface area contributed by atoms with Crippen LogP contribution in [0.25, 0.3) is 6.08 Å². The van der Waals surface area contributed by atoms with E-state index in [-0.39, 0.29) is 6.23 Å². The van der Waals surface area contributed by atoms with Crippen LogP contribution in [0.15, 0.2) is 36.0 Å². The Morgan fingerprint density at radius 2 is 1.00 bits per heavy atom. The Bertz CT molecular complexity index is 724. The molecule has 0 heterocycles. The smallest absolute Gasteiger partial charge is 0.432 e. The molecule has 1 rings (SSSR count). The average Bonchev–Trinajstić information content (AvgIpc) is 2.54. The van der Waals surface area contributed by atoms with Gasteiger partial charge in [-0.15, -0.1) is 0 Å². The molecule has 0 amide bonds. The highest BCUT2D eigenvalue weighted by Gasteiger charge is 2.59. The van der Waals surface area contributed by atoms with Crippen LogP contribution in [0.1, 0.15) is 5.56 Å². The second-order valence-corrected chi connectivity index (χ2v) is 36.4. The zero-order valence-electron chi connectivity index (χ0n) is 22.7. The fraction of sp³-hybridized carbons (Fsp3) is 0.619. The Balaban J connectivity index is 3.67. The van der Waals surface area contributed by atoms with Crippen molar-refractivity contribution in [3.05, 3.63) is 41.6 Å². The minimum absolute atomic E-state index is 0.242. The van der Waals surface area contributed by atoms with Crippen molar-refractivity contribution in [2.75, 3.05) is 6.23 Å². The molecule has 0 saturated carbocycles. The van der Waals surface area contributed by atoms with E-state index in [1.54, 1.807) is 0 Å². The van der Waals surface area contributed by atoms with E-state index in [4.69, 9.17) is 20.6 Å². The van der Waals surface area contributed by atoms with E-state index in [9.17, 15) is 5.11 Å². The van der Waals surface area contributed by atoms with Gasteiger partial charge in [-0.05, 0) is 89.8 Å². The summed E-state index contributed by atoms with van der Waals surface area (Å²) in [4.78, 5) is 0. The summed E-state index contributed by atoms with van der Waals surface area (Å²) in [6, 6.07) is 9.98. The summed E-state index contributed by atoms with van der Waals surface area (Å²) >= 11 is 0. The highest BCUT2D eigenvalue weighted by molar-refractivity contribution is 6.94. The first-order chi connectivity index (χ1) is 14.7. The average molecular weight is 563 g/mol. The standard InChI is InChI=1S/C21H46O6Si6/c1-28(2,3)23-32(20-22,19-18-21-16-14-13-15-17-21)27-33(24-29(4,5)6,25-30(7,8)9)26-31(10,11)12/h13-19,22H,20H2,1-12H3. The lowest BCUT2D eigenvalue weighted by molar-refractivity contribution is 0.127. The van der Waals surface area contributed by atoms with Crippen molar-refractivity contribution in [3.8, 4) is 0 Å². The number of rotatable bonds is 13. The SMILES string of the molecule is C[Si](C)(C)O[Si](C=Cc1ccccc1)(CO)O[Si](O[Si](C)(C)C)(O[Si](C)(C)C)O[Si](C)(C)C. The predicted octanol–water partition coefficient (Wildman–Crippen LogP) is 6.07. The van der Waals surface area contributed by atoms with Gasteiger partial charge in [0.1, 0.15) is 0 Å². The van der Waals surface area contributed by atoms with Gasteiger partial charge in [-0.25, -0.2) is 0 Å². The van der Waals surface area contributed by atoms with Gasteiger partial charge in [0.15, 0.2) is 33.3 Å². The molecule has 0 aromatic heterocycles. The van der Waals surface area contributed by atoms with Gasteiger partial charge in [0.05, 0.1) is 6.23 Å². The molecule has 12 heteroatoms. The third-order valence-electron chi connectivity index (χ3n) is 3.62. The van der Waals surface area contributed by atoms with Crippen molar-refractivity contribution >= 4 is 57.0 Å². The number of hydrogen-bond acceptors (Lipinski definition) is 6. The fourth-order valence-corrected chi connectivity index (χ4v) is 23.2. The summed E-state index contributed by atoms with van der Waals surface area (Å²) < 4.78 is 33.7. The summed E-state index contributed by atoms with van der Waals surface area (Å²) in [5.74, 6) is 0. The Morgan fingerprint density at radius 1 is 0.606 bits per heavy atom. The van der Waals surface area contributed by atoms with Crippen molar-refractivity contribution in [1.82, 2.24) is 0 Å². The van der Waals surface area contributed by atoms with E-state index >= 15 is 0 Å². The highest BCUT2D eigenvalue weighted by atomic mass is 28.6. The Hall–Kier alpha value is 0.0213. The van der Waals surface area contributed by atoms with Crippen LogP contribution in [0.2, 0.25) is 78.6 Å². The zero-order valence-corrected chi connectivity index (χ0v) is 28.7. The second-order valence-electron chi connectivity index (χ2n) is 12.2. The van der Waals surface area contributed by atoms with Crippen LogP contribution in [0, 0.1) is 0 Å². The molecule has 0 radical (unpaired) electrons. The van der Waals surface area contributed by atoms with Crippen molar-refractivity contribution in [3.63, 3.8) is 0 Å². The summed E-state index contributed by atoms with van der Waals surface area (Å²) in [6.45, 7) is 25.3. The summed E-state index contributed by atoms with van der Waals surface area (Å²) in [7, 11) is -15.5. The van der Waals surface area contributed by atoms with Crippen LogP contribution in [-0.4, -0.2) is 62.2 Å². The van der Waals surface area contributed by atoms with Crippen molar-refractivity contribution in [2.24, 2.45) is 0 Å². The molecular weight excluding hydrogens is 517 g/mol. The van der Waals surface area contributed by atoms with Gasteiger partial charge < -0.3 is 25.7 Å². The minimum atomic E-state index is -3.66. The first kappa shape index (κ1) is 31.1. The molecule has 190 valence electrons. The van der Waals surface area contributed by atoms with Gasteiger partial charge in [0.25, 0.3) is 0 Å². The molecule has 0 spiro atoms. The van der Waals surface area contributed by atoms with Gasteiger partial charge in [-0.2, -0.15) is 0 Å². The van der Waals surface area contributed by atoms with Gasteiger partial charge in [0, 0.05) is 0 Å². The third-order valence-corrected chi connectivity index (χ3v) is 21.3. The number of hydrogen-bond donors (Lipinski definition) is 1. The van der Waals surface area contributed by atoms with E-state index in [2.05, 4.69) is 78.6 Å². The van der Waals surface area contributed by atoms with Crippen LogP contribution in [0.4, 0.5) is 0 Å². The monoisotopic (exact) mass is 562 g/mol. The summed E-state index contributed by atoms with van der Waals surface area (Å²) in [5, 5.41) is 10.7. The van der Waals surface area contributed by atoms with E-state index in [0.29, 0.717) is 0 Å².